The third-order valence-electron chi connectivity index (χ3n) is 4.41. The standard InChI is InChI=1S/C20H22BNO6/c1-13-4-3-5-17-15(12-27-20(13)17)11-19(28-21(24)25)22-18(23)10-14-6-8-16(26-2)9-7-14/h3-9,12,19,24-25H,10-11H2,1-2H3,(H,22,23)/t19-/m1/s1. The fourth-order valence-corrected chi connectivity index (χ4v) is 3.05. The van der Waals surface area contributed by atoms with Crippen LogP contribution in [-0.2, 0) is 22.3 Å². The number of rotatable bonds is 8. The maximum atomic E-state index is 12.4. The van der Waals surface area contributed by atoms with Gasteiger partial charge in [-0.2, -0.15) is 0 Å². The van der Waals surface area contributed by atoms with Gasteiger partial charge in [0.25, 0.3) is 0 Å². The van der Waals surface area contributed by atoms with Gasteiger partial charge in [-0.25, -0.2) is 0 Å². The molecule has 0 unspecified atom stereocenters. The summed E-state index contributed by atoms with van der Waals surface area (Å²) in [4.78, 5) is 12.4. The first-order valence-electron chi connectivity index (χ1n) is 8.86. The van der Waals surface area contributed by atoms with Crippen molar-refractivity contribution in [2.24, 2.45) is 0 Å². The topological polar surface area (TPSA) is 101 Å². The molecule has 8 heteroatoms. The molecule has 0 spiro atoms. The molecule has 1 atom stereocenters. The summed E-state index contributed by atoms with van der Waals surface area (Å²) in [5.74, 6) is 0.399. The van der Waals surface area contributed by atoms with E-state index < -0.39 is 13.5 Å². The SMILES string of the molecule is COc1ccc(CC(=O)N[C@@H](Cc2coc3c(C)cccc23)OB(O)O)cc1. The lowest BCUT2D eigenvalue weighted by atomic mass is 10.1. The van der Waals surface area contributed by atoms with Gasteiger partial charge >= 0.3 is 7.32 Å². The van der Waals surface area contributed by atoms with Crippen molar-refractivity contribution in [2.45, 2.75) is 26.0 Å². The van der Waals surface area contributed by atoms with Gasteiger partial charge in [-0.15, -0.1) is 0 Å². The minimum Gasteiger partial charge on any atom is -0.497 e. The summed E-state index contributed by atoms with van der Waals surface area (Å²) in [6, 6.07) is 12.9. The maximum Gasteiger partial charge on any atom is 0.635 e. The van der Waals surface area contributed by atoms with Gasteiger partial charge in [0, 0.05) is 17.4 Å². The molecule has 0 aliphatic heterocycles. The predicted molar refractivity (Wildman–Crippen MR) is 105 cm³/mol. The number of benzene rings is 2. The quantitative estimate of drug-likeness (QED) is 0.406. The van der Waals surface area contributed by atoms with Crippen molar-refractivity contribution in [3.8, 4) is 5.75 Å². The van der Waals surface area contributed by atoms with Gasteiger partial charge in [0.2, 0.25) is 5.91 Å². The smallest absolute Gasteiger partial charge is 0.497 e. The molecule has 1 aromatic heterocycles. The van der Waals surface area contributed by atoms with Crippen LogP contribution >= 0.6 is 0 Å². The molecule has 146 valence electrons. The number of amides is 1. The van der Waals surface area contributed by atoms with E-state index in [0.29, 0.717) is 5.75 Å². The summed E-state index contributed by atoms with van der Waals surface area (Å²) in [6.45, 7) is 1.94. The lowest BCUT2D eigenvalue weighted by Gasteiger charge is -2.19. The van der Waals surface area contributed by atoms with E-state index in [1.54, 1.807) is 37.6 Å². The molecule has 0 fully saturated rings. The Balaban J connectivity index is 1.70. The fourth-order valence-electron chi connectivity index (χ4n) is 3.05. The lowest BCUT2D eigenvalue weighted by molar-refractivity contribution is -0.123. The Morgan fingerprint density at radius 2 is 1.96 bits per heavy atom. The largest absolute Gasteiger partial charge is 0.635 e. The van der Waals surface area contributed by atoms with Gasteiger partial charge < -0.3 is 29.2 Å². The Kier molecular flexibility index (Phi) is 6.36. The third-order valence-corrected chi connectivity index (χ3v) is 4.41. The number of aryl methyl sites for hydroxylation is 1. The number of carbonyl (C=O) groups is 1. The molecule has 7 nitrogen and oxygen atoms in total. The van der Waals surface area contributed by atoms with Crippen molar-refractivity contribution >= 4 is 24.2 Å². The molecule has 1 heterocycles. The van der Waals surface area contributed by atoms with Crippen molar-refractivity contribution in [1.29, 1.82) is 0 Å². The van der Waals surface area contributed by atoms with Gasteiger partial charge in [-0.3, -0.25) is 4.79 Å². The molecule has 0 saturated heterocycles. The van der Waals surface area contributed by atoms with Crippen molar-refractivity contribution in [3.63, 3.8) is 0 Å². The Morgan fingerprint density at radius 1 is 1.21 bits per heavy atom. The van der Waals surface area contributed by atoms with Crippen LogP contribution in [-0.4, -0.2) is 36.6 Å². The Bertz CT molecular complexity index is 938. The van der Waals surface area contributed by atoms with Crippen molar-refractivity contribution in [2.75, 3.05) is 7.11 Å². The number of fused-ring (bicyclic) bond motifs is 1. The minimum absolute atomic E-state index is 0.122. The van der Waals surface area contributed by atoms with E-state index in [-0.39, 0.29) is 18.7 Å². The van der Waals surface area contributed by atoms with E-state index >= 15 is 0 Å². The Hall–Kier alpha value is -2.81. The molecule has 2 aromatic carbocycles. The van der Waals surface area contributed by atoms with Crippen LogP contribution in [0.1, 0.15) is 16.7 Å². The van der Waals surface area contributed by atoms with E-state index in [2.05, 4.69) is 5.32 Å². The lowest BCUT2D eigenvalue weighted by Crippen LogP contribution is -2.43. The molecule has 28 heavy (non-hydrogen) atoms. The van der Waals surface area contributed by atoms with Crippen LogP contribution in [0, 0.1) is 6.92 Å². The molecular weight excluding hydrogens is 361 g/mol. The summed E-state index contributed by atoms with van der Waals surface area (Å²) >= 11 is 0. The van der Waals surface area contributed by atoms with Crippen LogP contribution in [0.2, 0.25) is 0 Å². The third kappa shape index (κ3) is 4.92. The number of furan rings is 1. The van der Waals surface area contributed by atoms with Gasteiger partial charge in [-0.05, 0) is 30.2 Å². The number of methoxy groups -OCH3 is 1. The summed E-state index contributed by atoms with van der Waals surface area (Å²) in [5.41, 5.74) is 3.34. The highest BCUT2D eigenvalue weighted by molar-refractivity contribution is 6.32. The summed E-state index contributed by atoms with van der Waals surface area (Å²) in [5, 5.41) is 22.0. The maximum absolute atomic E-state index is 12.4. The van der Waals surface area contributed by atoms with Gasteiger partial charge in [-0.1, -0.05) is 30.3 Å². The van der Waals surface area contributed by atoms with Crippen molar-refractivity contribution in [3.05, 3.63) is 65.4 Å². The molecule has 0 aliphatic carbocycles. The Labute approximate surface area is 163 Å². The molecule has 0 saturated carbocycles. The highest BCUT2D eigenvalue weighted by Crippen LogP contribution is 2.25. The van der Waals surface area contributed by atoms with Crippen LogP contribution in [0.3, 0.4) is 0 Å². The summed E-state index contributed by atoms with van der Waals surface area (Å²) < 4.78 is 15.8. The predicted octanol–water partition coefficient (Wildman–Crippen LogP) is 1.96. The van der Waals surface area contributed by atoms with E-state index in [9.17, 15) is 14.8 Å². The molecule has 0 radical (unpaired) electrons. The second kappa shape index (κ2) is 8.92. The zero-order chi connectivity index (χ0) is 20.1. The zero-order valence-electron chi connectivity index (χ0n) is 15.7. The fraction of sp³-hybridized carbons (Fsp3) is 0.250. The first kappa shape index (κ1) is 19.9. The zero-order valence-corrected chi connectivity index (χ0v) is 15.7. The molecule has 0 aliphatic rings. The van der Waals surface area contributed by atoms with Gasteiger partial charge in [0.1, 0.15) is 17.6 Å². The van der Waals surface area contributed by atoms with E-state index in [1.165, 1.54) is 0 Å². The molecule has 3 aromatic rings. The van der Waals surface area contributed by atoms with Crippen LogP contribution in [0.4, 0.5) is 0 Å². The van der Waals surface area contributed by atoms with E-state index in [4.69, 9.17) is 13.8 Å². The van der Waals surface area contributed by atoms with E-state index in [1.807, 2.05) is 25.1 Å². The average Bonchev–Trinajstić information content (AvgIpc) is 3.06. The highest BCUT2D eigenvalue weighted by atomic mass is 16.6. The number of ether oxygens (including phenoxy) is 1. The summed E-state index contributed by atoms with van der Waals surface area (Å²) in [6.07, 6.45) is 1.01. The first-order valence-corrected chi connectivity index (χ1v) is 8.86. The normalized spacial score (nSPS) is 12.0. The van der Waals surface area contributed by atoms with Gasteiger partial charge in [0.05, 0.1) is 19.8 Å². The summed E-state index contributed by atoms with van der Waals surface area (Å²) in [7, 11) is -0.434. The minimum atomic E-state index is -2.01. The van der Waals surface area contributed by atoms with Gasteiger partial charge in [0.15, 0.2) is 0 Å². The molecule has 0 bridgehead atoms. The number of nitrogens with one attached hydrogen (secondary N) is 1. The number of hydrogen-bond donors (Lipinski definition) is 3. The van der Waals surface area contributed by atoms with Crippen LogP contribution in [0.15, 0.2) is 53.1 Å². The number of para-hydroxylation sites is 1. The van der Waals surface area contributed by atoms with Crippen LogP contribution in [0.5, 0.6) is 5.75 Å². The second-order valence-corrected chi connectivity index (χ2v) is 6.46. The van der Waals surface area contributed by atoms with E-state index in [0.717, 1.165) is 27.7 Å². The average molecular weight is 383 g/mol. The second-order valence-electron chi connectivity index (χ2n) is 6.46. The van der Waals surface area contributed by atoms with Crippen LogP contribution in [0.25, 0.3) is 11.0 Å². The molecule has 1 amide bonds. The Morgan fingerprint density at radius 3 is 2.64 bits per heavy atom. The van der Waals surface area contributed by atoms with Crippen LogP contribution < -0.4 is 10.1 Å². The highest BCUT2D eigenvalue weighted by Gasteiger charge is 2.22. The molecule has 3 N–H and O–H groups in total. The number of hydrogen-bond acceptors (Lipinski definition) is 6. The van der Waals surface area contributed by atoms with Crippen molar-refractivity contribution < 1.29 is 28.7 Å². The van der Waals surface area contributed by atoms with Crippen molar-refractivity contribution in [1.82, 2.24) is 5.32 Å². The first-order chi connectivity index (χ1) is 13.5. The molecular formula is C20H22BNO6. The number of carbonyl (C=O) groups excluding carboxylic acids is 1. The molecule has 3 rings (SSSR count). The monoisotopic (exact) mass is 383 g/mol.